The molecule has 0 aliphatic heterocycles. The van der Waals surface area contributed by atoms with Gasteiger partial charge in [0.25, 0.3) is 0 Å². The average Bonchev–Trinajstić information content (AvgIpc) is 3.31. The summed E-state index contributed by atoms with van der Waals surface area (Å²) >= 11 is 1.84. The molecule has 0 saturated heterocycles. The maximum absolute atomic E-state index is 2.50. The maximum Gasteiger partial charge on any atom is 0.224 e. The van der Waals surface area contributed by atoms with Gasteiger partial charge in [0.2, 0.25) is 5.52 Å². The molecule has 0 N–H and O–H groups in total. The van der Waals surface area contributed by atoms with Crippen LogP contribution in [0.1, 0.15) is 5.56 Å². The lowest BCUT2D eigenvalue weighted by Gasteiger charge is -2.13. The number of pyridine rings is 2. The first-order chi connectivity index (χ1) is 13.7. The van der Waals surface area contributed by atoms with Crippen LogP contribution in [0.3, 0.4) is 0 Å². The van der Waals surface area contributed by atoms with Gasteiger partial charge in [-0.3, -0.25) is 0 Å². The predicted molar refractivity (Wildman–Crippen MR) is 120 cm³/mol. The molecule has 7 rings (SSSR count). The number of aryl methyl sites for hydroxylation is 2. The third kappa shape index (κ3) is 1.55. The fourth-order valence-electron chi connectivity index (χ4n) is 5.19. The Morgan fingerprint density at radius 3 is 2.68 bits per heavy atom. The van der Waals surface area contributed by atoms with Gasteiger partial charge in [0.05, 0.1) is 27.3 Å². The molecule has 0 fully saturated rings. The summed E-state index contributed by atoms with van der Waals surface area (Å²) in [6.07, 6.45) is 2.20. The summed E-state index contributed by atoms with van der Waals surface area (Å²) in [5.74, 6) is 0. The molecule has 0 saturated carbocycles. The Labute approximate surface area is 165 Å². The van der Waals surface area contributed by atoms with Crippen molar-refractivity contribution in [3.05, 3.63) is 71.7 Å². The van der Waals surface area contributed by atoms with Gasteiger partial charge in [-0.2, -0.15) is 0 Å². The second-order valence-corrected chi connectivity index (χ2v) is 8.70. The Kier molecular flexibility index (Phi) is 2.55. The number of hydrogen-bond donors (Lipinski definition) is 0. The molecule has 2 nitrogen and oxygen atoms in total. The smallest absolute Gasteiger partial charge is 0.224 e. The van der Waals surface area contributed by atoms with Gasteiger partial charge in [0.1, 0.15) is 7.05 Å². The minimum absolute atomic E-state index is 1.29. The summed E-state index contributed by atoms with van der Waals surface area (Å²) in [6, 6.07) is 20.3. The van der Waals surface area contributed by atoms with Gasteiger partial charge in [-0.05, 0) is 46.8 Å². The van der Waals surface area contributed by atoms with E-state index in [1.807, 2.05) is 11.3 Å². The lowest BCUT2D eigenvalue weighted by atomic mass is 9.99. The summed E-state index contributed by atoms with van der Waals surface area (Å²) in [6.45, 7) is 2.29. The van der Waals surface area contributed by atoms with E-state index < -0.39 is 0 Å². The van der Waals surface area contributed by atoms with Crippen molar-refractivity contribution in [2.24, 2.45) is 7.05 Å². The summed E-state index contributed by atoms with van der Waals surface area (Å²) in [5.41, 5.74) is 6.65. The molecule has 4 aromatic heterocycles. The largest absolute Gasteiger partial charge is 0.307 e. The number of thiophene rings is 1. The van der Waals surface area contributed by atoms with Crippen molar-refractivity contribution in [3.8, 4) is 0 Å². The van der Waals surface area contributed by atoms with Crippen molar-refractivity contribution in [2.75, 3.05) is 0 Å². The van der Waals surface area contributed by atoms with Crippen molar-refractivity contribution >= 4 is 70.4 Å². The summed E-state index contributed by atoms with van der Waals surface area (Å²) in [7, 11) is 2.17. The highest BCUT2D eigenvalue weighted by atomic mass is 32.1. The molecule has 4 heterocycles. The molecule has 3 heteroatoms. The standard InChI is InChI=1S/C25H17N2S/c1-14-21-20(13-16-10-12-28-25(14)16)27-19-6-4-3-5-17(19)18-8-7-15-9-11-26(2)24(21)22(15)23(18)27/h3-13H,1-2H3/q+1. The third-order valence-electron chi connectivity index (χ3n) is 6.37. The highest BCUT2D eigenvalue weighted by molar-refractivity contribution is 7.17. The van der Waals surface area contributed by atoms with E-state index in [0.717, 1.165) is 0 Å². The average molecular weight is 377 g/mol. The van der Waals surface area contributed by atoms with E-state index in [2.05, 4.69) is 89.1 Å². The van der Waals surface area contributed by atoms with Gasteiger partial charge in [-0.15, -0.1) is 11.3 Å². The normalized spacial score (nSPS) is 12.6. The fourth-order valence-corrected chi connectivity index (χ4v) is 6.09. The number of fused-ring (bicyclic) bond motifs is 7. The summed E-state index contributed by atoms with van der Waals surface area (Å²) in [5, 5.41) is 10.2. The molecule has 0 amide bonds. The van der Waals surface area contributed by atoms with E-state index in [9.17, 15) is 0 Å². The molecular weight excluding hydrogens is 360 g/mol. The second kappa shape index (κ2) is 4.81. The number of para-hydroxylation sites is 1. The first kappa shape index (κ1) is 14.8. The van der Waals surface area contributed by atoms with Crippen molar-refractivity contribution in [3.63, 3.8) is 0 Å². The first-order valence-electron chi connectivity index (χ1n) is 9.60. The molecule has 0 spiro atoms. The van der Waals surface area contributed by atoms with Crippen molar-refractivity contribution in [2.45, 2.75) is 6.92 Å². The van der Waals surface area contributed by atoms with Crippen LogP contribution in [-0.2, 0) is 7.05 Å². The number of hydrogen-bond acceptors (Lipinski definition) is 1. The predicted octanol–water partition coefficient (Wildman–Crippen LogP) is 6.34. The second-order valence-electron chi connectivity index (χ2n) is 7.79. The molecule has 0 aliphatic rings. The van der Waals surface area contributed by atoms with Gasteiger partial charge >= 0.3 is 0 Å². The zero-order valence-corrected chi connectivity index (χ0v) is 16.5. The van der Waals surface area contributed by atoms with Crippen LogP contribution in [0.15, 0.2) is 66.2 Å². The van der Waals surface area contributed by atoms with Crippen LogP contribution in [0.25, 0.3) is 59.1 Å². The third-order valence-corrected chi connectivity index (χ3v) is 7.42. The number of nitrogens with zero attached hydrogens (tertiary/aromatic N) is 2. The lowest BCUT2D eigenvalue weighted by molar-refractivity contribution is -0.643. The van der Waals surface area contributed by atoms with Crippen LogP contribution in [-0.4, -0.2) is 4.40 Å². The van der Waals surface area contributed by atoms with Crippen LogP contribution >= 0.6 is 11.3 Å². The first-order valence-corrected chi connectivity index (χ1v) is 10.5. The van der Waals surface area contributed by atoms with Gasteiger partial charge in [0.15, 0.2) is 6.20 Å². The molecule has 3 aromatic carbocycles. The van der Waals surface area contributed by atoms with E-state index in [4.69, 9.17) is 0 Å². The van der Waals surface area contributed by atoms with Crippen LogP contribution < -0.4 is 4.57 Å². The molecule has 28 heavy (non-hydrogen) atoms. The molecule has 7 aromatic rings. The summed E-state index contributed by atoms with van der Waals surface area (Å²) < 4.78 is 6.19. The molecule has 0 radical (unpaired) electrons. The Bertz CT molecular complexity index is 1730. The monoisotopic (exact) mass is 377 g/mol. The highest BCUT2D eigenvalue weighted by Crippen LogP contribution is 2.42. The van der Waals surface area contributed by atoms with Gasteiger partial charge in [0, 0.05) is 21.5 Å². The van der Waals surface area contributed by atoms with Gasteiger partial charge in [-0.1, -0.05) is 30.3 Å². The van der Waals surface area contributed by atoms with E-state index in [1.54, 1.807) is 0 Å². The Balaban J connectivity index is 2.01. The quantitative estimate of drug-likeness (QED) is 0.166. The molecule has 0 unspecified atom stereocenters. The molecule has 0 aliphatic carbocycles. The van der Waals surface area contributed by atoms with Crippen molar-refractivity contribution in [1.29, 1.82) is 0 Å². The number of benzene rings is 3. The Hall–Kier alpha value is -3.17. The summed E-state index contributed by atoms with van der Waals surface area (Å²) in [4.78, 5) is 0. The number of aromatic nitrogens is 2. The fraction of sp³-hybridized carbons (Fsp3) is 0.0800. The van der Waals surface area contributed by atoms with Crippen LogP contribution in [0.5, 0.6) is 0 Å². The zero-order valence-electron chi connectivity index (χ0n) is 15.7. The van der Waals surface area contributed by atoms with Gasteiger partial charge in [-0.25, -0.2) is 4.57 Å². The van der Waals surface area contributed by atoms with E-state index in [-0.39, 0.29) is 0 Å². The lowest BCUT2D eigenvalue weighted by Crippen LogP contribution is -2.28. The van der Waals surface area contributed by atoms with E-state index in [0.29, 0.717) is 0 Å². The van der Waals surface area contributed by atoms with Crippen LogP contribution in [0.4, 0.5) is 0 Å². The zero-order chi connectivity index (χ0) is 18.6. The highest BCUT2D eigenvalue weighted by Gasteiger charge is 2.24. The number of rotatable bonds is 0. The minimum atomic E-state index is 1.29. The van der Waals surface area contributed by atoms with Crippen molar-refractivity contribution in [1.82, 2.24) is 4.40 Å². The maximum atomic E-state index is 2.50. The molecule has 0 atom stereocenters. The Morgan fingerprint density at radius 1 is 0.857 bits per heavy atom. The van der Waals surface area contributed by atoms with Crippen LogP contribution in [0, 0.1) is 6.92 Å². The Morgan fingerprint density at radius 2 is 1.75 bits per heavy atom. The minimum Gasteiger partial charge on any atom is -0.307 e. The van der Waals surface area contributed by atoms with Gasteiger partial charge < -0.3 is 4.40 Å². The van der Waals surface area contributed by atoms with E-state index >= 15 is 0 Å². The van der Waals surface area contributed by atoms with E-state index in [1.165, 1.54) is 64.6 Å². The van der Waals surface area contributed by atoms with Crippen LogP contribution in [0.2, 0.25) is 0 Å². The SMILES string of the molecule is Cc1c2sccc2cc2c1c1c3c(ccc4c5ccccc5n2c43)cc[n+]1C. The molecular formula is C25H17N2S+. The van der Waals surface area contributed by atoms with Crippen molar-refractivity contribution < 1.29 is 4.57 Å². The topological polar surface area (TPSA) is 8.29 Å². The molecule has 0 bridgehead atoms. The molecule has 132 valence electrons.